The Morgan fingerprint density at radius 3 is 2.71 bits per heavy atom. The van der Waals surface area contributed by atoms with Crippen molar-refractivity contribution in [2.24, 2.45) is 0 Å². The number of anilines is 1. The van der Waals surface area contributed by atoms with E-state index in [0.717, 1.165) is 37.1 Å². The number of rotatable bonds is 5. The van der Waals surface area contributed by atoms with Crippen molar-refractivity contribution in [2.45, 2.75) is 31.9 Å². The number of pyridine rings is 1. The third-order valence-corrected chi connectivity index (χ3v) is 6.19. The van der Waals surface area contributed by atoms with Crippen LogP contribution in [0.15, 0.2) is 36.8 Å². The second-order valence-electron chi connectivity index (χ2n) is 7.60. The lowest BCUT2D eigenvalue weighted by Crippen LogP contribution is -2.32. The molecule has 0 bridgehead atoms. The van der Waals surface area contributed by atoms with Crippen molar-refractivity contribution in [3.05, 3.63) is 58.2 Å². The Morgan fingerprint density at radius 2 is 1.97 bits per heavy atom. The molecule has 0 amide bonds. The number of aromatic nitrogens is 3. The molecule has 3 heterocycles. The van der Waals surface area contributed by atoms with Gasteiger partial charge in [0.2, 0.25) is 0 Å². The van der Waals surface area contributed by atoms with E-state index in [1.54, 1.807) is 25.4 Å². The molecule has 0 unspecified atom stereocenters. The van der Waals surface area contributed by atoms with Gasteiger partial charge in [0.05, 0.1) is 17.3 Å². The van der Waals surface area contributed by atoms with Crippen molar-refractivity contribution in [1.29, 1.82) is 0 Å². The zero-order chi connectivity index (χ0) is 22.1. The standard InChI is InChI=1S/C21H21BCl2FN5O/c1-12(19-16(23)2-3-17(25)20(19)24)31-18-8-13(9-27-21(18)26)14-10-28-30(11-14)15-4-6-29(22)7-5-15/h2-3,8-12,15H,4-7H2,1H3,(H2,26,27)/t12-/m0/s1. The first-order chi connectivity index (χ1) is 14.8. The summed E-state index contributed by atoms with van der Waals surface area (Å²) in [6, 6.07) is 4.75. The highest BCUT2D eigenvalue weighted by molar-refractivity contribution is 6.36. The highest BCUT2D eigenvalue weighted by atomic mass is 35.5. The molecule has 6 nitrogen and oxygen atoms in total. The van der Waals surface area contributed by atoms with Crippen LogP contribution in [0.3, 0.4) is 0 Å². The average molecular weight is 460 g/mol. The van der Waals surface area contributed by atoms with Crippen LogP contribution in [0.25, 0.3) is 11.1 Å². The van der Waals surface area contributed by atoms with E-state index in [-0.39, 0.29) is 10.8 Å². The van der Waals surface area contributed by atoms with Crippen molar-refractivity contribution in [3.8, 4) is 16.9 Å². The van der Waals surface area contributed by atoms with Gasteiger partial charge in [0.25, 0.3) is 0 Å². The van der Waals surface area contributed by atoms with Gasteiger partial charge < -0.3 is 15.3 Å². The highest BCUT2D eigenvalue weighted by Gasteiger charge is 2.21. The van der Waals surface area contributed by atoms with Crippen molar-refractivity contribution in [1.82, 2.24) is 19.6 Å². The summed E-state index contributed by atoms with van der Waals surface area (Å²) >= 11 is 12.3. The van der Waals surface area contributed by atoms with E-state index in [1.165, 1.54) is 12.1 Å². The summed E-state index contributed by atoms with van der Waals surface area (Å²) in [5.74, 6) is -0.00297. The monoisotopic (exact) mass is 459 g/mol. The van der Waals surface area contributed by atoms with Gasteiger partial charge in [-0.1, -0.05) is 23.2 Å². The molecule has 1 aliphatic rings. The van der Waals surface area contributed by atoms with Gasteiger partial charge in [0.15, 0.2) is 19.5 Å². The number of hydrogen-bond acceptors (Lipinski definition) is 5. The molecule has 0 saturated carbocycles. The van der Waals surface area contributed by atoms with E-state index in [1.807, 2.05) is 15.7 Å². The van der Waals surface area contributed by atoms with Gasteiger partial charge >= 0.3 is 0 Å². The molecule has 4 rings (SSSR count). The lowest BCUT2D eigenvalue weighted by atomic mass is 10.0. The summed E-state index contributed by atoms with van der Waals surface area (Å²) in [4.78, 5) is 6.07. The first-order valence-electron chi connectivity index (χ1n) is 9.93. The normalized spacial score (nSPS) is 16.4. The second-order valence-corrected chi connectivity index (χ2v) is 8.39. The Balaban J connectivity index is 1.56. The fraction of sp³-hybridized carbons (Fsp3) is 0.333. The van der Waals surface area contributed by atoms with Crippen molar-refractivity contribution < 1.29 is 9.13 Å². The van der Waals surface area contributed by atoms with Gasteiger partial charge in [-0.2, -0.15) is 5.10 Å². The molecular weight excluding hydrogens is 439 g/mol. The number of piperidine rings is 1. The largest absolute Gasteiger partial charge is 0.482 e. The molecule has 0 spiro atoms. The van der Waals surface area contributed by atoms with Crippen LogP contribution in [-0.4, -0.2) is 40.6 Å². The van der Waals surface area contributed by atoms with Crippen LogP contribution in [0.1, 0.15) is 37.5 Å². The number of nitrogens with zero attached hydrogens (tertiary/aromatic N) is 4. The van der Waals surface area contributed by atoms with Crippen LogP contribution in [-0.2, 0) is 0 Å². The summed E-state index contributed by atoms with van der Waals surface area (Å²) in [6.45, 7) is 3.40. The molecule has 31 heavy (non-hydrogen) atoms. The highest BCUT2D eigenvalue weighted by Crippen LogP contribution is 2.37. The average Bonchev–Trinajstić information content (AvgIpc) is 3.23. The predicted octanol–water partition coefficient (Wildman–Crippen LogP) is 4.83. The fourth-order valence-electron chi connectivity index (χ4n) is 3.71. The quantitative estimate of drug-likeness (QED) is 0.437. The van der Waals surface area contributed by atoms with Crippen LogP contribution in [0, 0.1) is 5.82 Å². The molecule has 1 saturated heterocycles. The van der Waals surface area contributed by atoms with Crippen LogP contribution >= 0.6 is 23.2 Å². The van der Waals surface area contributed by atoms with E-state index in [0.29, 0.717) is 22.4 Å². The molecule has 0 aliphatic carbocycles. The van der Waals surface area contributed by atoms with Crippen LogP contribution in [0.2, 0.25) is 10.0 Å². The zero-order valence-corrected chi connectivity index (χ0v) is 18.4. The van der Waals surface area contributed by atoms with Gasteiger partial charge in [-0.15, -0.1) is 0 Å². The molecule has 2 aromatic heterocycles. The lowest BCUT2D eigenvalue weighted by Gasteiger charge is -2.29. The summed E-state index contributed by atoms with van der Waals surface area (Å²) in [6.07, 6.45) is 6.68. The Morgan fingerprint density at radius 1 is 1.23 bits per heavy atom. The molecule has 2 radical (unpaired) electrons. The number of ether oxygens (including phenoxy) is 1. The third kappa shape index (κ3) is 4.66. The van der Waals surface area contributed by atoms with E-state index in [2.05, 4.69) is 10.1 Å². The molecule has 1 aliphatic heterocycles. The molecule has 1 fully saturated rings. The third-order valence-electron chi connectivity index (χ3n) is 5.48. The van der Waals surface area contributed by atoms with Crippen molar-refractivity contribution >= 4 is 37.0 Å². The molecule has 10 heteroatoms. The van der Waals surface area contributed by atoms with Gasteiger partial charge in [-0.3, -0.25) is 4.68 Å². The van der Waals surface area contributed by atoms with Gasteiger partial charge in [-0.05, 0) is 51.1 Å². The fourth-order valence-corrected chi connectivity index (χ4v) is 4.39. The topological polar surface area (TPSA) is 69.2 Å². The number of hydrogen-bond donors (Lipinski definition) is 1. The van der Waals surface area contributed by atoms with Crippen molar-refractivity contribution in [2.75, 3.05) is 18.8 Å². The maximum Gasteiger partial charge on any atom is 0.182 e. The molecule has 1 aromatic carbocycles. The molecule has 2 N–H and O–H groups in total. The lowest BCUT2D eigenvalue weighted by molar-refractivity contribution is 0.227. The van der Waals surface area contributed by atoms with E-state index in [4.69, 9.17) is 41.7 Å². The summed E-state index contributed by atoms with van der Waals surface area (Å²) in [5, 5.41) is 4.75. The Labute approximate surface area is 191 Å². The molecule has 1 atom stereocenters. The first-order valence-corrected chi connectivity index (χ1v) is 10.7. The van der Waals surface area contributed by atoms with Gasteiger partial charge in [0.1, 0.15) is 11.9 Å². The Hall–Kier alpha value is -2.29. The van der Waals surface area contributed by atoms with Crippen molar-refractivity contribution in [3.63, 3.8) is 0 Å². The van der Waals surface area contributed by atoms with Crippen LogP contribution in [0.5, 0.6) is 5.75 Å². The number of nitrogen functional groups attached to an aromatic ring is 1. The summed E-state index contributed by atoms with van der Waals surface area (Å²) in [7, 11) is 5.84. The summed E-state index contributed by atoms with van der Waals surface area (Å²) in [5.41, 5.74) is 8.07. The second kappa shape index (κ2) is 9.06. The van der Waals surface area contributed by atoms with Gasteiger partial charge in [-0.25, -0.2) is 9.37 Å². The predicted molar refractivity (Wildman–Crippen MR) is 121 cm³/mol. The van der Waals surface area contributed by atoms with Gasteiger partial charge in [0, 0.05) is 34.1 Å². The zero-order valence-electron chi connectivity index (χ0n) is 16.9. The molecular formula is C21H21BCl2FN5O. The minimum atomic E-state index is -0.640. The van der Waals surface area contributed by atoms with E-state index < -0.39 is 11.9 Å². The first kappa shape index (κ1) is 21.9. The number of nitrogens with two attached hydrogens (primary N) is 1. The number of halogens is 3. The minimum Gasteiger partial charge on any atom is -0.482 e. The molecule has 3 aromatic rings. The maximum atomic E-state index is 13.9. The SMILES string of the molecule is [B]N1CCC(n2cc(-c3cnc(N)c(O[C@@H](C)c4c(Cl)ccc(F)c4Cl)c3)cn2)CC1. The van der Waals surface area contributed by atoms with Crippen LogP contribution < -0.4 is 10.5 Å². The minimum absolute atomic E-state index is 0.0764. The number of benzene rings is 1. The Kier molecular flexibility index (Phi) is 6.41. The van der Waals surface area contributed by atoms with E-state index >= 15 is 0 Å². The Bertz CT molecular complexity index is 1090. The maximum absolute atomic E-state index is 13.9. The van der Waals surface area contributed by atoms with Crippen LogP contribution in [0.4, 0.5) is 10.2 Å². The van der Waals surface area contributed by atoms with E-state index in [9.17, 15) is 4.39 Å². The molecule has 160 valence electrons. The smallest absolute Gasteiger partial charge is 0.182 e. The summed E-state index contributed by atoms with van der Waals surface area (Å²) < 4.78 is 21.8.